The molecule has 1 atom stereocenters. The molecule has 17 heavy (non-hydrogen) atoms. The van der Waals surface area contributed by atoms with Gasteiger partial charge in [-0.25, -0.2) is 8.42 Å². The zero-order chi connectivity index (χ0) is 12.7. The van der Waals surface area contributed by atoms with Crippen LogP contribution in [0.25, 0.3) is 0 Å². The lowest BCUT2D eigenvalue weighted by Gasteiger charge is -2.42. The maximum Gasteiger partial charge on any atom is 0.215 e. The highest BCUT2D eigenvalue weighted by molar-refractivity contribution is 7.89. The Morgan fingerprint density at radius 2 is 1.94 bits per heavy atom. The number of nitrogens with zero attached hydrogens (tertiary/aromatic N) is 1. The molecule has 1 aliphatic heterocycles. The summed E-state index contributed by atoms with van der Waals surface area (Å²) in [4.78, 5) is 0.356. The van der Waals surface area contributed by atoms with Crippen LogP contribution in [0.1, 0.15) is 39.0 Å². The number of hydrogen-bond acceptors (Lipinski definition) is 3. The van der Waals surface area contributed by atoms with Crippen LogP contribution >= 0.6 is 12.2 Å². The van der Waals surface area contributed by atoms with Crippen molar-refractivity contribution in [2.24, 2.45) is 11.7 Å². The van der Waals surface area contributed by atoms with Crippen molar-refractivity contribution in [2.45, 2.75) is 44.6 Å². The maximum atomic E-state index is 12.2. The minimum atomic E-state index is -3.17. The fourth-order valence-electron chi connectivity index (χ4n) is 3.10. The second kappa shape index (κ2) is 4.48. The Balaban J connectivity index is 2.37. The van der Waals surface area contributed by atoms with Crippen molar-refractivity contribution >= 4 is 27.2 Å². The first-order valence-electron chi connectivity index (χ1n) is 6.19. The molecular formula is C11H20N2O2S2. The Kier molecular flexibility index (Phi) is 3.49. The lowest BCUT2D eigenvalue weighted by atomic mass is 9.81. The van der Waals surface area contributed by atoms with Crippen molar-refractivity contribution < 1.29 is 8.42 Å². The summed E-state index contributed by atoms with van der Waals surface area (Å²) in [6.45, 7) is 2.54. The fraction of sp³-hybridized carbons (Fsp3) is 0.909. The highest BCUT2D eigenvalue weighted by atomic mass is 32.2. The van der Waals surface area contributed by atoms with E-state index in [1.165, 1.54) is 0 Å². The molecule has 2 fully saturated rings. The van der Waals surface area contributed by atoms with Gasteiger partial charge in [-0.3, -0.25) is 0 Å². The SMILES string of the molecule is CC1CN(C2(C(N)=S)CCCCC2)S(=O)(=O)C1. The highest BCUT2D eigenvalue weighted by Gasteiger charge is 2.50. The summed E-state index contributed by atoms with van der Waals surface area (Å²) in [6.07, 6.45) is 4.74. The van der Waals surface area contributed by atoms with Gasteiger partial charge in [-0.05, 0) is 18.8 Å². The monoisotopic (exact) mass is 276 g/mol. The maximum absolute atomic E-state index is 12.2. The third-order valence-corrected chi connectivity index (χ3v) is 6.47. The van der Waals surface area contributed by atoms with Gasteiger partial charge in [0.2, 0.25) is 10.0 Å². The quantitative estimate of drug-likeness (QED) is 0.771. The topological polar surface area (TPSA) is 63.4 Å². The van der Waals surface area contributed by atoms with Crippen molar-refractivity contribution in [1.82, 2.24) is 4.31 Å². The molecule has 0 aromatic carbocycles. The molecule has 2 N–H and O–H groups in total. The van der Waals surface area contributed by atoms with Crippen molar-refractivity contribution in [3.05, 3.63) is 0 Å². The van der Waals surface area contributed by atoms with Crippen LogP contribution in [0.15, 0.2) is 0 Å². The van der Waals surface area contributed by atoms with E-state index in [0.717, 1.165) is 32.1 Å². The van der Waals surface area contributed by atoms with E-state index < -0.39 is 15.6 Å². The zero-order valence-electron chi connectivity index (χ0n) is 10.2. The molecule has 1 heterocycles. The van der Waals surface area contributed by atoms with Crippen LogP contribution in [0, 0.1) is 5.92 Å². The fourth-order valence-corrected chi connectivity index (χ4v) is 5.77. The summed E-state index contributed by atoms with van der Waals surface area (Å²) in [7, 11) is -3.17. The molecule has 2 aliphatic rings. The van der Waals surface area contributed by atoms with Gasteiger partial charge in [-0.2, -0.15) is 4.31 Å². The second-order valence-corrected chi connectivity index (χ2v) is 7.75. The molecule has 0 amide bonds. The highest BCUT2D eigenvalue weighted by Crippen LogP contribution is 2.39. The van der Waals surface area contributed by atoms with Crippen molar-refractivity contribution in [3.8, 4) is 0 Å². The Morgan fingerprint density at radius 1 is 1.35 bits per heavy atom. The largest absolute Gasteiger partial charge is 0.392 e. The van der Waals surface area contributed by atoms with Crippen LogP contribution < -0.4 is 5.73 Å². The molecular weight excluding hydrogens is 256 g/mol. The van der Waals surface area contributed by atoms with Gasteiger partial charge in [0.25, 0.3) is 0 Å². The molecule has 0 radical (unpaired) electrons. The molecule has 0 spiro atoms. The van der Waals surface area contributed by atoms with E-state index in [9.17, 15) is 8.42 Å². The van der Waals surface area contributed by atoms with E-state index in [1.54, 1.807) is 4.31 Å². The summed E-state index contributed by atoms with van der Waals surface area (Å²) < 4.78 is 26.0. The second-order valence-electron chi connectivity index (χ2n) is 5.37. The molecule has 1 unspecified atom stereocenters. The van der Waals surface area contributed by atoms with Gasteiger partial charge >= 0.3 is 0 Å². The minimum absolute atomic E-state index is 0.174. The van der Waals surface area contributed by atoms with Gasteiger partial charge in [0.05, 0.1) is 16.3 Å². The summed E-state index contributed by atoms with van der Waals surface area (Å²) in [6, 6.07) is 0. The van der Waals surface area contributed by atoms with E-state index in [-0.39, 0.29) is 11.7 Å². The number of nitrogens with two attached hydrogens (primary N) is 1. The van der Waals surface area contributed by atoms with Crippen LogP contribution in [0.4, 0.5) is 0 Å². The third kappa shape index (κ3) is 2.22. The summed E-state index contributed by atoms with van der Waals surface area (Å²) >= 11 is 5.18. The van der Waals surface area contributed by atoms with Crippen LogP contribution in [-0.4, -0.2) is 35.5 Å². The van der Waals surface area contributed by atoms with Crippen molar-refractivity contribution in [2.75, 3.05) is 12.3 Å². The van der Waals surface area contributed by atoms with Crippen LogP contribution in [0.2, 0.25) is 0 Å². The van der Waals surface area contributed by atoms with E-state index in [1.807, 2.05) is 6.92 Å². The van der Waals surface area contributed by atoms with Gasteiger partial charge in [-0.15, -0.1) is 0 Å². The number of thiocarbonyl (C=S) groups is 1. The normalized spacial score (nSPS) is 32.4. The molecule has 1 saturated heterocycles. The van der Waals surface area contributed by atoms with E-state index >= 15 is 0 Å². The lowest BCUT2D eigenvalue weighted by Crippen LogP contribution is -2.58. The van der Waals surface area contributed by atoms with Crippen LogP contribution in [-0.2, 0) is 10.0 Å². The summed E-state index contributed by atoms with van der Waals surface area (Å²) in [5, 5.41) is 0. The van der Waals surface area contributed by atoms with E-state index in [4.69, 9.17) is 18.0 Å². The van der Waals surface area contributed by atoms with Gasteiger partial charge in [0, 0.05) is 6.54 Å². The molecule has 98 valence electrons. The summed E-state index contributed by atoms with van der Waals surface area (Å²) in [5.41, 5.74) is 5.30. The average Bonchev–Trinajstić information content (AvgIpc) is 2.53. The van der Waals surface area contributed by atoms with Gasteiger partial charge in [0.1, 0.15) is 0 Å². The Labute approximate surface area is 109 Å². The molecule has 1 saturated carbocycles. The molecule has 0 bridgehead atoms. The number of hydrogen-bond donors (Lipinski definition) is 1. The number of sulfonamides is 1. The predicted molar refractivity (Wildman–Crippen MR) is 72.3 cm³/mol. The van der Waals surface area contributed by atoms with E-state index in [2.05, 4.69) is 0 Å². The molecule has 0 aromatic heterocycles. The molecule has 1 aliphatic carbocycles. The summed E-state index contributed by atoms with van der Waals surface area (Å²) in [5.74, 6) is 0.408. The molecule has 6 heteroatoms. The molecule has 2 rings (SSSR count). The van der Waals surface area contributed by atoms with Crippen LogP contribution in [0.3, 0.4) is 0 Å². The standard InChI is InChI=1S/C11H20N2O2S2/c1-9-7-13(17(14,15)8-9)11(10(12)16)5-3-2-4-6-11/h9H,2-8H2,1H3,(H2,12,16). The molecule has 0 aromatic rings. The van der Waals surface area contributed by atoms with Crippen LogP contribution in [0.5, 0.6) is 0 Å². The van der Waals surface area contributed by atoms with Gasteiger partial charge in [0.15, 0.2) is 0 Å². The first-order valence-corrected chi connectivity index (χ1v) is 8.21. The lowest BCUT2D eigenvalue weighted by molar-refractivity contribution is 0.201. The third-order valence-electron chi connectivity index (χ3n) is 3.93. The first kappa shape index (κ1) is 13.2. The van der Waals surface area contributed by atoms with Gasteiger partial charge < -0.3 is 5.73 Å². The van der Waals surface area contributed by atoms with E-state index in [0.29, 0.717) is 11.5 Å². The minimum Gasteiger partial charge on any atom is -0.392 e. The molecule has 4 nitrogen and oxygen atoms in total. The Hall–Kier alpha value is -0.200. The average molecular weight is 276 g/mol. The number of rotatable bonds is 2. The van der Waals surface area contributed by atoms with Crippen molar-refractivity contribution in [1.29, 1.82) is 0 Å². The Morgan fingerprint density at radius 3 is 2.35 bits per heavy atom. The van der Waals surface area contributed by atoms with Crippen molar-refractivity contribution in [3.63, 3.8) is 0 Å². The Bertz CT molecular complexity index is 413. The van der Waals surface area contributed by atoms with Gasteiger partial charge in [-0.1, -0.05) is 38.4 Å². The predicted octanol–water partition coefficient (Wildman–Crippen LogP) is 1.26. The smallest absolute Gasteiger partial charge is 0.215 e. The first-order chi connectivity index (χ1) is 7.88. The zero-order valence-corrected chi connectivity index (χ0v) is 11.8.